The van der Waals surface area contributed by atoms with E-state index in [4.69, 9.17) is 11.6 Å². The first-order valence-electron chi connectivity index (χ1n) is 5.86. The number of hydrogen-bond acceptors (Lipinski definition) is 4. The molecule has 0 aromatic heterocycles. The fourth-order valence-corrected chi connectivity index (χ4v) is 2.80. The molecule has 0 saturated carbocycles. The van der Waals surface area contributed by atoms with Gasteiger partial charge in [0, 0.05) is 6.42 Å². The summed E-state index contributed by atoms with van der Waals surface area (Å²) >= 11 is 6.02. The topological polar surface area (TPSA) is 93.8 Å². The van der Waals surface area contributed by atoms with Crippen molar-refractivity contribution < 1.29 is 9.59 Å². The maximum Gasteiger partial charge on any atom is 0.238 e. The number of carbonyl (C=O) groups is 2. The first-order valence-corrected chi connectivity index (χ1v) is 6.24. The smallest absolute Gasteiger partial charge is 0.238 e. The first kappa shape index (κ1) is 14.0. The number of halogens is 1. The van der Waals surface area contributed by atoms with Crippen LogP contribution in [0.25, 0.3) is 0 Å². The molecule has 0 bridgehead atoms. The van der Waals surface area contributed by atoms with Crippen LogP contribution < -0.4 is 5.32 Å². The second kappa shape index (κ2) is 4.96. The molecular formula is C14H10ClN3O2. The van der Waals surface area contributed by atoms with Crippen LogP contribution in [-0.2, 0) is 15.0 Å². The molecule has 0 saturated heterocycles. The number of rotatable bonds is 3. The second-order valence-corrected chi connectivity index (χ2v) is 5.07. The van der Waals surface area contributed by atoms with E-state index in [1.807, 2.05) is 12.1 Å². The van der Waals surface area contributed by atoms with Gasteiger partial charge in [0.05, 0.1) is 22.8 Å². The molecule has 1 aliphatic heterocycles. The Morgan fingerprint density at radius 2 is 2.10 bits per heavy atom. The summed E-state index contributed by atoms with van der Waals surface area (Å²) in [6.45, 7) is 1.32. The van der Waals surface area contributed by atoms with Crippen LogP contribution in [0.4, 0.5) is 5.69 Å². The van der Waals surface area contributed by atoms with Crippen molar-refractivity contribution in [3.63, 3.8) is 0 Å². The molecule has 0 radical (unpaired) electrons. The Balaban J connectivity index is 2.74. The van der Waals surface area contributed by atoms with Gasteiger partial charge in [-0.05, 0) is 18.6 Å². The van der Waals surface area contributed by atoms with E-state index < -0.39 is 17.2 Å². The van der Waals surface area contributed by atoms with Crippen molar-refractivity contribution in [1.82, 2.24) is 0 Å². The summed E-state index contributed by atoms with van der Waals surface area (Å²) in [7, 11) is 0. The number of Topliss-reactive ketones (excluding diaryl/α,β-unsaturated/α-hetero) is 1. The summed E-state index contributed by atoms with van der Waals surface area (Å²) in [5, 5.41) is 21.3. The third kappa shape index (κ3) is 1.84. The van der Waals surface area contributed by atoms with E-state index in [1.165, 1.54) is 6.92 Å². The largest absolute Gasteiger partial charge is 0.324 e. The maximum absolute atomic E-state index is 12.4. The van der Waals surface area contributed by atoms with Gasteiger partial charge in [0.25, 0.3) is 0 Å². The lowest BCUT2D eigenvalue weighted by atomic mass is 9.69. The summed E-state index contributed by atoms with van der Waals surface area (Å²) in [4.78, 5) is 23.9. The molecule has 1 amide bonds. The predicted molar refractivity (Wildman–Crippen MR) is 71.8 cm³/mol. The highest BCUT2D eigenvalue weighted by molar-refractivity contribution is 6.35. The van der Waals surface area contributed by atoms with Crippen molar-refractivity contribution in [2.75, 3.05) is 5.32 Å². The number of ketones is 1. The number of hydrogen-bond donors (Lipinski definition) is 1. The van der Waals surface area contributed by atoms with E-state index in [1.54, 1.807) is 18.2 Å². The van der Waals surface area contributed by atoms with Gasteiger partial charge in [-0.2, -0.15) is 10.5 Å². The zero-order chi connectivity index (χ0) is 14.9. The highest BCUT2D eigenvalue weighted by atomic mass is 35.5. The van der Waals surface area contributed by atoms with Crippen LogP contribution >= 0.6 is 11.6 Å². The van der Waals surface area contributed by atoms with E-state index in [9.17, 15) is 20.1 Å². The standard InChI is InChI=1S/C14H10ClN3O2/c1-8(19)5-14(9(6-16)7-17)10-3-2-4-11(15)12(10)18-13(14)20/h2-4,9H,5H2,1H3,(H,18,20)/t14-/m1/s1. The lowest BCUT2D eigenvalue weighted by Gasteiger charge is -2.26. The molecule has 6 heteroatoms. The Labute approximate surface area is 120 Å². The molecule has 1 aromatic carbocycles. The first-order chi connectivity index (χ1) is 9.47. The van der Waals surface area contributed by atoms with Crippen molar-refractivity contribution in [2.24, 2.45) is 5.92 Å². The van der Waals surface area contributed by atoms with Gasteiger partial charge in [0.1, 0.15) is 11.2 Å². The van der Waals surface area contributed by atoms with E-state index in [0.717, 1.165) is 0 Å². The van der Waals surface area contributed by atoms with E-state index in [-0.39, 0.29) is 12.2 Å². The lowest BCUT2D eigenvalue weighted by molar-refractivity contribution is -0.127. The normalized spacial score (nSPS) is 19.9. The Bertz CT molecular complexity index is 673. The van der Waals surface area contributed by atoms with Crippen LogP contribution in [-0.4, -0.2) is 11.7 Å². The van der Waals surface area contributed by atoms with Crippen molar-refractivity contribution in [1.29, 1.82) is 10.5 Å². The second-order valence-electron chi connectivity index (χ2n) is 4.66. The summed E-state index contributed by atoms with van der Waals surface area (Å²) in [6, 6.07) is 8.46. The zero-order valence-corrected chi connectivity index (χ0v) is 11.4. The Hall–Kier alpha value is -2.37. The van der Waals surface area contributed by atoms with Crippen LogP contribution in [0.2, 0.25) is 5.02 Å². The Morgan fingerprint density at radius 3 is 2.65 bits per heavy atom. The number of para-hydroxylation sites is 1. The number of anilines is 1. The number of carbonyl (C=O) groups excluding carboxylic acids is 2. The number of fused-ring (bicyclic) bond motifs is 1. The Kier molecular flexibility index (Phi) is 3.48. The summed E-state index contributed by atoms with van der Waals surface area (Å²) in [5.41, 5.74) is -0.690. The van der Waals surface area contributed by atoms with Crippen LogP contribution in [0.1, 0.15) is 18.9 Å². The van der Waals surface area contributed by atoms with Crippen LogP contribution in [0, 0.1) is 28.6 Å². The molecule has 0 fully saturated rings. The summed E-state index contributed by atoms with van der Waals surface area (Å²) < 4.78 is 0. The molecule has 2 rings (SSSR count). The maximum atomic E-state index is 12.4. The number of benzene rings is 1. The summed E-state index contributed by atoms with van der Waals surface area (Å²) in [6.07, 6.45) is -0.210. The quantitative estimate of drug-likeness (QED) is 0.922. The highest BCUT2D eigenvalue weighted by Crippen LogP contribution is 2.47. The van der Waals surface area contributed by atoms with Crippen molar-refractivity contribution in [3.8, 4) is 12.1 Å². The molecule has 5 nitrogen and oxygen atoms in total. The van der Waals surface area contributed by atoms with Gasteiger partial charge in [-0.1, -0.05) is 23.7 Å². The SMILES string of the molecule is CC(=O)C[C@]1(C(C#N)C#N)C(=O)Nc2c(Cl)cccc21. The predicted octanol–water partition coefficient (Wildman–Crippen LogP) is 2.17. The number of nitrogens with zero attached hydrogens (tertiary/aromatic N) is 2. The highest BCUT2D eigenvalue weighted by Gasteiger charge is 2.54. The van der Waals surface area contributed by atoms with E-state index in [2.05, 4.69) is 5.32 Å². The van der Waals surface area contributed by atoms with Gasteiger partial charge in [0.15, 0.2) is 5.92 Å². The van der Waals surface area contributed by atoms with E-state index >= 15 is 0 Å². The van der Waals surface area contributed by atoms with Crippen LogP contribution in [0.5, 0.6) is 0 Å². The van der Waals surface area contributed by atoms with Gasteiger partial charge < -0.3 is 5.32 Å². The minimum absolute atomic E-state index is 0.210. The molecule has 100 valence electrons. The van der Waals surface area contributed by atoms with Gasteiger partial charge >= 0.3 is 0 Å². The molecule has 1 heterocycles. The van der Waals surface area contributed by atoms with Crippen LogP contribution in [0.3, 0.4) is 0 Å². The molecule has 0 spiro atoms. The molecule has 0 aliphatic carbocycles. The third-order valence-electron chi connectivity index (χ3n) is 3.42. The fourth-order valence-electron chi connectivity index (χ4n) is 2.58. The van der Waals surface area contributed by atoms with Gasteiger partial charge in [-0.3, -0.25) is 9.59 Å². The average Bonchev–Trinajstić information content (AvgIpc) is 2.66. The van der Waals surface area contributed by atoms with Crippen molar-refractivity contribution >= 4 is 29.0 Å². The Morgan fingerprint density at radius 1 is 1.45 bits per heavy atom. The van der Waals surface area contributed by atoms with Gasteiger partial charge in [-0.15, -0.1) is 0 Å². The number of amides is 1. The molecule has 1 atom stereocenters. The lowest BCUT2D eigenvalue weighted by Crippen LogP contribution is -2.42. The number of nitriles is 2. The third-order valence-corrected chi connectivity index (χ3v) is 3.73. The van der Waals surface area contributed by atoms with Gasteiger partial charge in [0.2, 0.25) is 5.91 Å². The molecule has 20 heavy (non-hydrogen) atoms. The zero-order valence-electron chi connectivity index (χ0n) is 10.6. The molecule has 1 aromatic rings. The molecule has 1 aliphatic rings. The molecular weight excluding hydrogens is 278 g/mol. The van der Waals surface area contributed by atoms with Crippen LogP contribution in [0.15, 0.2) is 18.2 Å². The molecule has 1 N–H and O–H groups in total. The monoisotopic (exact) mass is 287 g/mol. The van der Waals surface area contributed by atoms with Gasteiger partial charge in [-0.25, -0.2) is 0 Å². The minimum atomic E-state index is -1.49. The fraction of sp³-hybridized carbons (Fsp3) is 0.286. The average molecular weight is 288 g/mol. The van der Waals surface area contributed by atoms with Crippen molar-refractivity contribution in [2.45, 2.75) is 18.8 Å². The van der Waals surface area contributed by atoms with Crippen molar-refractivity contribution in [3.05, 3.63) is 28.8 Å². The van der Waals surface area contributed by atoms with E-state index in [0.29, 0.717) is 16.3 Å². The summed E-state index contributed by atoms with van der Waals surface area (Å²) in [5.74, 6) is -2.07. The minimum Gasteiger partial charge on any atom is -0.324 e. The number of nitrogens with one attached hydrogen (secondary N) is 1. The molecule has 0 unspecified atom stereocenters.